The Kier molecular flexibility index (Phi) is 3.44. The van der Waals surface area contributed by atoms with Crippen molar-refractivity contribution in [2.75, 3.05) is 31.1 Å². The van der Waals surface area contributed by atoms with Crippen LogP contribution in [-0.4, -0.2) is 41.1 Å². The van der Waals surface area contributed by atoms with E-state index in [0.29, 0.717) is 11.5 Å². The fourth-order valence-corrected chi connectivity index (χ4v) is 3.24. The molecule has 1 aromatic carbocycles. The van der Waals surface area contributed by atoms with Crippen LogP contribution in [0, 0.1) is 5.82 Å². The molecule has 0 saturated carbocycles. The number of nitrogens with one attached hydrogen (secondary N) is 1. The fraction of sp³-hybridized carbons (Fsp3) is 0.267. The van der Waals surface area contributed by atoms with Gasteiger partial charge >= 0.3 is 0 Å². The molecule has 0 bridgehead atoms. The van der Waals surface area contributed by atoms with Crippen molar-refractivity contribution in [2.24, 2.45) is 0 Å². The Morgan fingerprint density at radius 3 is 2.82 bits per heavy atom. The highest BCUT2D eigenvalue weighted by atomic mass is 32.1. The SMILES string of the molecule is Fc1ccc2c(-c3nccs3)nc(N3CCNCC3)nc2c1. The minimum atomic E-state index is -0.289. The van der Waals surface area contributed by atoms with Crippen molar-refractivity contribution >= 4 is 28.2 Å². The average molecular weight is 315 g/mol. The Bertz CT molecular complexity index is 799. The minimum Gasteiger partial charge on any atom is -0.338 e. The third-order valence-electron chi connectivity index (χ3n) is 3.68. The zero-order valence-corrected chi connectivity index (χ0v) is 12.6. The maximum Gasteiger partial charge on any atom is 0.226 e. The first-order chi connectivity index (χ1) is 10.8. The van der Waals surface area contributed by atoms with Crippen molar-refractivity contribution in [3.05, 3.63) is 35.6 Å². The van der Waals surface area contributed by atoms with Crippen LogP contribution in [0.4, 0.5) is 10.3 Å². The number of halogens is 1. The predicted molar refractivity (Wildman–Crippen MR) is 85.7 cm³/mol. The predicted octanol–water partition coefficient (Wildman–Crippen LogP) is 2.30. The van der Waals surface area contributed by atoms with Crippen molar-refractivity contribution in [2.45, 2.75) is 0 Å². The lowest BCUT2D eigenvalue weighted by atomic mass is 10.2. The van der Waals surface area contributed by atoms with Gasteiger partial charge in [-0.25, -0.2) is 19.3 Å². The van der Waals surface area contributed by atoms with Crippen LogP contribution in [0.5, 0.6) is 0 Å². The van der Waals surface area contributed by atoms with E-state index in [2.05, 4.69) is 20.2 Å². The number of hydrogen-bond acceptors (Lipinski definition) is 6. The second kappa shape index (κ2) is 5.58. The summed E-state index contributed by atoms with van der Waals surface area (Å²) in [5, 5.41) is 6.88. The van der Waals surface area contributed by atoms with Gasteiger partial charge in [0.2, 0.25) is 5.95 Å². The number of hydrogen-bond donors (Lipinski definition) is 1. The molecule has 3 heterocycles. The molecule has 4 rings (SSSR count). The van der Waals surface area contributed by atoms with Crippen LogP contribution in [0.1, 0.15) is 0 Å². The summed E-state index contributed by atoms with van der Waals surface area (Å²) in [6.45, 7) is 3.49. The number of thiazole rings is 1. The van der Waals surface area contributed by atoms with Gasteiger partial charge in [-0.3, -0.25) is 0 Å². The number of piperazine rings is 1. The van der Waals surface area contributed by atoms with Gasteiger partial charge in [-0.05, 0) is 12.1 Å². The normalized spacial score (nSPS) is 15.4. The van der Waals surface area contributed by atoms with Crippen LogP contribution in [0.25, 0.3) is 21.6 Å². The lowest BCUT2D eigenvalue weighted by Crippen LogP contribution is -2.44. The Labute approximate surface area is 130 Å². The highest BCUT2D eigenvalue weighted by molar-refractivity contribution is 7.13. The van der Waals surface area contributed by atoms with Crippen LogP contribution in [0.2, 0.25) is 0 Å². The van der Waals surface area contributed by atoms with E-state index < -0.39 is 0 Å². The van der Waals surface area contributed by atoms with Gasteiger partial charge in [0.15, 0.2) is 0 Å². The molecule has 22 heavy (non-hydrogen) atoms. The van der Waals surface area contributed by atoms with Crippen LogP contribution < -0.4 is 10.2 Å². The lowest BCUT2D eigenvalue weighted by Gasteiger charge is -2.27. The molecule has 2 aromatic heterocycles. The molecule has 3 aromatic rings. The zero-order chi connectivity index (χ0) is 14.9. The molecular formula is C15H14FN5S. The monoisotopic (exact) mass is 315 g/mol. The van der Waals surface area contributed by atoms with E-state index in [0.717, 1.165) is 42.3 Å². The molecule has 1 aliphatic heterocycles. The minimum absolute atomic E-state index is 0.289. The van der Waals surface area contributed by atoms with Crippen molar-refractivity contribution in [3.8, 4) is 10.7 Å². The molecule has 112 valence electrons. The van der Waals surface area contributed by atoms with E-state index in [-0.39, 0.29) is 5.82 Å². The van der Waals surface area contributed by atoms with E-state index in [9.17, 15) is 4.39 Å². The smallest absolute Gasteiger partial charge is 0.226 e. The van der Waals surface area contributed by atoms with E-state index in [4.69, 9.17) is 4.98 Å². The van der Waals surface area contributed by atoms with E-state index in [1.807, 2.05) is 5.38 Å². The summed E-state index contributed by atoms with van der Waals surface area (Å²) in [6, 6.07) is 4.62. The topological polar surface area (TPSA) is 53.9 Å². The summed E-state index contributed by atoms with van der Waals surface area (Å²) in [5.41, 5.74) is 1.39. The third kappa shape index (κ3) is 2.42. The van der Waals surface area contributed by atoms with Gasteiger partial charge in [0.05, 0.1) is 5.52 Å². The van der Waals surface area contributed by atoms with Crippen LogP contribution in [0.3, 0.4) is 0 Å². The fourth-order valence-electron chi connectivity index (χ4n) is 2.60. The van der Waals surface area contributed by atoms with E-state index >= 15 is 0 Å². The van der Waals surface area contributed by atoms with Gasteiger partial charge < -0.3 is 10.2 Å². The van der Waals surface area contributed by atoms with Gasteiger partial charge in [0.1, 0.15) is 16.5 Å². The van der Waals surface area contributed by atoms with Gasteiger partial charge in [-0.1, -0.05) is 0 Å². The highest BCUT2D eigenvalue weighted by Crippen LogP contribution is 2.30. The first-order valence-corrected chi connectivity index (χ1v) is 8.02. The Hall–Kier alpha value is -2.12. The quantitative estimate of drug-likeness (QED) is 0.786. The summed E-state index contributed by atoms with van der Waals surface area (Å²) < 4.78 is 13.6. The number of rotatable bonds is 2. The average Bonchev–Trinajstić information content (AvgIpc) is 3.08. The molecule has 1 saturated heterocycles. The zero-order valence-electron chi connectivity index (χ0n) is 11.8. The second-order valence-electron chi connectivity index (χ2n) is 5.11. The second-order valence-corrected chi connectivity index (χ2v) is 6.00. The molecule has 0 unspecified atom stereocenters. The molecule has 0 aliphatic carbocycles. The van der Waals surface area contributed by atoms with E-state index in [1.165, 1.54) is 23.5 Å². The number of benzene rings is 1. The van der Waals surface area contributed by atoms with E-state index in [1.54, 1.807) is 12.3 Å². The molecule has 0 amide bonds. The maximum absolute atomic E-state index is 13.6. The molecular weight excluding hydrogens is 301 g/mol. The first-order valence-electron chi connectivity index (χ1n) is 7.14. The highest BCUT2D eigenvalue weighted by Gasteiger charge is 2.18. The third-order valence-corrected chi connectivity index (χ3v) is 4.46. The first kappa shape index (κ1) is 13.5. The summed E-state index contributed by atoms with van der Waals surface area (Å²) in [4.78, 5) is 15.7. The van der Waals surface area contributed by atoms with Gasteiger partial charge in [0.25, 0.3) is 0 Å². The van der Waals surface area contributed by atoms with Gasteiger partial charge in [-0.2, -0.15) is 0 Å². The number of anilines is 1. The maximum atomic E-state index is 13.6. The molecule has 7 heteroatoms. The molecule has 1 N–H and O–H groups in total. The lowest BCUT2D eigenvalue weighted by molar-refractivity contribution is 0.580. The Balaban J connectivity index is 1.91. The number of fused-ring (bicyclic) bond motifs is 1. The summed E-state index contributed by atoms with van der Waals surface area (Å²) >= 11 is 1.52. The van der Waals surface area contributed by atoms with Gasteiger partial charge in [0, 0.05) is 49.2 Å². The Morgan fingerprint density at radius 2 is 2.05 bits per heavy atom. The van der Waals surface area contributed by atoms with Crippen LogP contribution in [0.15, 0.2) is 29.8 Å². The summed E-state index contributed by atoms with van der Waals surface area (Å²) in [5.74, 6) is 0.354. The standard InChI is InChI=1S/C15H14FN5S/c16-10-1-2-11-12(9-10)19-15(21-6-3-17-4-7-21)20-13(11)14-18-5-8-22-14/h1-2,5,8-9,17H,3-4,6-7H2. The van der Waals surface area contributed by atoms with Crippen molar-refractivity contribution in [3.63, 3.8) is 0 Å². The van der Waals surface area contributed by atoms with Crippen LogP contribution in [-0.2, 0) is 0 Å². The summed E-state index contributed by atoms with van der Waals surface area (Å²) in [6.07, 6.45) is 1.75. The van der Waals surface area contributed by atoms with Crippen molar-refractivity contribution < 1.29 is 4.39 Å². The molecule has 0 radical (unpaired) electrons. The van der Waals surface area contributed by atoms with Crippen LogP contribution >= 0.6 is 11.3 Å². The molecule has 0 spiro atoms. The molecule has 1 aliphatic rings. The molecule has 1 fully saturated rings. The summed E-state index contributed by atoms with van der Waals surface area (Å²) in [7, 11) is 0. The largest absolute Gasteiger partial charge is 0.338 e. The molecule has 0 atom stereocenters. The Morgan fingerprint density at radius 1 is 1.18 bits per heavy atom. The number of aromatic nitrogens is 3. The molecule has 5 nitrogen and oxygen atoms in total. The van der Waals surface area contributed by atoms with Gasteiger partial charge in [-0.15, -0.1) is 11.3 Å². The van der Waals surface area contributed by atoms with Crippen molar-refractivity contribution in [1.82, 2.24) is 20.3 Å². The number of nitrogens with zero attached hydrogens (tertiary/aromatic N) is 4. The van der Waals surface area contributed by atoms with Crippen molar-refractivity contribution in [1.29, 1.82) is 0 Å².